The number of carbonyl (C=O) groups is 2. The first-order valence-corrected chi connectivity index (χ1v) is 8.71. The van der Waals surface area contributed by atoms with Crippen LogP contribution in [0.15, 0.2) is 54.6 Å². The van der Waals surface area contributed by atoms with Crippen molar-refractivity contribution in [2.75, 3.05) is 6.54 Å². The quantitative estimate of drug-likeness (QED) is 0.772. The van der Waals surface area contributed by atoms with E-state index in [9.17, 15) is 14.0 Å². The standard InChI is InChI=1S/C21H25FN2O2/c1-4-24(15-16-10-6-5-7-11-16)20(26)21(2,3)19(25)23-14-17-12-8-9-13-18(17)22/h5-13H,4,14-15H2,1-3H3,(H,23,25). The number of amides is 2. The van der Waals surface area contributed by atoms with Crippen LogP contribution in [-0.4, -0.2) is 23.3 Å². The van der Waals surface area contributed by atoms with E-state index in [4.69, 9.17) is 0 Å². The number of hydrogen-bond acceptors (Lipinski definition) is 2. The summed E-state index contributed by atoms with van der Waals surface area (Å²) < 4.78 is 13.7. The normalized spacial score (nSPS) is 11.1. The first-order valence-electron chi connectivity index (χ1n) is 8.71. The van der Waals surface area contributed by atoms with Gasteiger partial charge in [0.05, 0.1) is 0 Å². The van der Waals surface area contributed by atoms with E-state index in [1.807, 2.05) is 37.3 Å². The lowest BCUT2D eigenvalue weighted by Gasteiger charge is -2.30. The molecular weight excluding hydrogens is 331 g/mol. The maximum atomic E-state index is 13.7. The summed E-state index contributed by atoms with van der Waals surface area (Å²) in [6, 6.07) is 15.9. The molecule has 0 saturated carbocycles. The topological polar surface area (TPSA) is 49.4 Å². The van der Waals surface area contributed by atoms with Gasteiger partial charge in [-0.05, 0) is 32.4 Å². The molecule has 0 bridgehead atoms. The summed E-state index contributed by atoms with van der Waals surface area (Å²) in [5.41, 5.74) is 0.154. The van der Waals surface area contributed by atoms with E-state index < -0.39 is 11.3 Å². The lowest BCUT2D eigenvalue weighted by molar-refractivity contribution is -0.149. The van der Waals surface area contributed by atoms with E-state index in [1.165, 1.54) is 6.07 Å². The van der Waals surface area contributed by atoms with Crippen LogP contribution < -0.4 is 5.32 Å². The monoisotopic (exact) mass is 356 g/mol. The Labute approximate surface area is 154 Å². The first-order chi connectivity index (χ1) is 12.4. The SMILES string of the molecule is CCN(Cc1ccccc1)C(=O)C(C)(C)C(=O)NCc1ccccc1F. The second-order valence-electron chi connectivity index (χ2n) is 6.70. The number of nitrogens with zero attached hydrogens (tertiary/aromatic N) is 1. The molecule has 4 nitrogen and oxygen atoms in total. The molecule has 1 N–H and O–H groups in total. The Hall–Kier alpha value is -2.69. The predicted molar refractivity (Wildman–Crippen MR) is 99.6 cm³/mol. The van der Waals surface area contributed by atoms with Gasteiger partial charge in [-0.15, -0.1) is 0 Å². The molecule has 0 aromatic heterocycles. The Morgan fingerprint density at radius 3 is 2.27 bits per heavy atom. The van der Waals surface area contributed by atoms with Crippen LogP contribution in [0.3, 0.4) is 0 Å². The third-order valence-corrected chi connectivity index (χ3v) is 4.38. The van der Waals surface area contributed by atoms with Gasteiger partial charge in [-0.25, -0.2) is 4.39 Å². The van der Waals surface area contributed by atoms with Gasteiger partial charge >= 0.3 is 0 Å². The molecule has 0 unspecified atom stereocenters. The molecule has 0 spiro atoms. The van der Waals surface area contributed by atoms with Crippen molar-refractivity contribution in [2.24, 2.45) is 5.41 Å². The fraction of sp³-hybridized carbons (Fsp3) is 0.333. The smallest absolute Gasteiger partial charge is 0.237 e. The average molecular weight is 356 g/mol. The number of rotatable bonds is 7. The molecule has 0 saturated heterocycles. The van der Waals surface area contributed by atoms with Crippen molar-refractivity contribution >= 4 is 11.8 Å². The fourth-order valence-electron chi connectivity index (χ4n) is 2.66. The van der Waals surface area contributed by atoms with E-state index in [1.54, 1.807) is 36.9 Å². The Bertz CT molecular complexity index is 760. The minimum Gasteiger partial charge on any atom is -0.351 e. The summed E-state index contributed by atoms with van der Waals surface area (Å²) in [4.78, 5) is 27.1. The Morgan fingerprint density at radius 2 is 1.65 bits per heavy atom. The highest BCUT2D eigenvalue weighted by molar-refractivity contribution is 6.04. The van der Waals surface area contributed by atoms with Crippen molar-refractivity contribution < 1.29 is 14.0 Å². The second-order valence-corrected chi connectivity index (χ2v) is 6.70. The van der Waals surface area contributed by atoms with Gasteiger partial charge in [-0.1, -0.05) is 48.5 Å². The Morgan fingerprint density at radius 1 is 1.04 bits per heavy atom. The van der Waals surface area contributed by atoms with Gasteiger partial charge in [-0.2, -0.15) is 0 Å². The predicted octanol–water partition coefficient (Wildman–Crippen LogP) is 3.52. The van der Waals surface area contributed by atoms with Gasteiger partial charge in [0.15, 0.2) is 0 Å². The summed E-state index contributed by atoms with van der Waals surface area (Å²) in [5.74, 6) is -1.05. The third-order valence-electron chi connectivity index (χ3n) is 4.38. The Balaban J connectivity index is 2.04. The van der Waals surface area contributed by atoms with Gasteiger partial charge in [0, 0.05) is 25.2 Å². The maximum absolute atomic E-state index is 13.7. The summed E-state index contributed by atoms with van der Waals surface area (Å²) in [5, 5.41) is 2.68. The van der Waals surface area contributed by atoms with Gasteiger partial charge in [0.25, 0.3) is 0 Å². The van der Waals surface area contributed by atoms with Crippen molar-refractivity contribution in [1.29, 1.82) is 0 Å². The van der Waals surface area contributed by atoms with Gasteiger partial charge in [-0.3, -0.25) is 9.59 Å². The average Bonchev–Trinajstić information content (AvgIpc) is 2.65. The largest absolute Gasteiger partial charge is 0.351 e. The summed E-state index contributed by atoms with van der Waals surface area (Å²) in [6.45, 7) is 6.07. The number of nitrogens with one attached hydrogen (secondary N) is 1. The van der Waals surface area contributed by atoms with Crippen LogP contribution >= 0.6 is 0 Å². The molecule has 26 heavy (non-hydrogen) atoms. The van der Waals surface area contributed by atoms with Crippen molar-refractivity contribution in [1.82, 2.24) is 10.2 Å². The van der Waals surface area contributed by atoms with E-state index in [0.717, 1.165) is 5.56 Å². The van der Waals surface area contributed by atoms with E-state index in [2.05, 4.69) is 5.32 Å². The Kier molecular flexibility index (Phi) is 6.50. The van der Waals surface area contributed by atoms with Crippen LogP contribution in [0.1, 0.15) is 31.9 Å². The lowest BCUT2D eigenvalue weighted by Crippen LogP contribution is -2.49. The van der Waals surface area contributed by atoms with E-state index in [0.29, 0.717) is 18.7 Å². The zero-order valence-corrected chi connectivity index (χ0v) is 15.5. The molecule has 2 aromatic rings. The van der Waals surface area contributed by atoms with Crippen molar-refractivity contribution in [2.45, 2.75) is 33.9 Å². The van der Waals surface area contributed by atoms with Crippen molar-refractivity contribution in [3.8, 4) is 0 Å². The fourth-order valence-corrected chi connectivity index (χ4v) is 2.66. The molecule has 2 rings (SSSR count). The van der Waals surface area contributed by atoms with Gasteiger partial charge in [0.1, 0.15) is 11.2 Å². The number of hydrogen-bond donors (Lipinski definition) is 1. The summed E-state index contributed by atoms with van der Waals surface area (Å²) >= 11 is 0. The second kappa shape index (κ2) is 8.61. The van der Waals surface area contributed by atoms with Gasteiger partial charge in [0.2, 0.25) is 11.8 Å². The van der Waals surface area contributed by atoms with Crippen LogP contribution in [0.25, 0.3) is 0 Å². The minimum atomic E-state index is -1.24. The first kappa shape index (κ1) is 19.6. The molecule has 0 aliphatic carbocycles. The molecule has 0 heterocycles. The highest BCUT2D eigenvalue weighted by Gasteiger charge is 2.38. The highest BCUT2D eigenvalue weighted by atomic mass is 19.1. The number of halogens is 1. The molecule has 0 atom stereocenters. The minimum absolute atomic E-state index is 0.0486. The molecule has 0 aliphatic rings. The molecule has 2 amide bonds. The molecule has 0 radical (unpaired) electrons. The molecule has 138 valence electrons. The molecule has 0 fully saturated rings. The van der Waals surface area contributed by atoms with Crippen LogP contribution in [0.5, 0.6) is 0 Å². The number of carbonyl (C=O) groups excluding carboxylic acids is 2. The third kappa shape index (κ3) is 4.69. The maximum Gasteiger partial charge on any atom is 0.237 e. The van der Waals surface area contributed by atoms with Crippen LogP contribution in [0.2, 0.25) is 0 Å². The molecular formula is C21H25FN2O2. The zero-order valence-electron chi connectivity index (χ0n) is 15.5. The van der Waals surface area contributed by atoms with Crippen LogP contribution in [0.4, 0.5) is 4.39 Å². The van der Waals surface area contributed by atoms with Crippen molar-refractivity contribution in [3.63, 3.8) is 0 Å². The molecule has 2 aromatic carbocycles. The van der Waals surface area contributed by atoms with E-state index >= 15 is 0 Å². The molecule has 5 heteroatoms. The zero-order chi connectivity index (χ0) is 19.2. The highest BCUT2D eigenvalue weighted by Crippen LogP contribution is 2.21. The van der Waals surface area contributed by atoms with Crippen LogP contribution in [-0.2, 0) is 22.7 Å². The lowest BCUT2D eigenvalue weighted by atomic mass is 9.90. The van der Waals surface area contributed by atoms with Crippen molar-refractivity contribution in [3.05, 3.63) is 71.5 Å². The van der Waals surface area contributed by atoms with Crippen LogP contribution in [0, 0.1) is 11.2 Å². The van der Waals surface area contributed by atoms with E-state index in [-0.39, 0.29) is 18.3 Å². The summed E-state index contributed by atoms with van der Waals surface area (Å²) in [6.07, 6.45) is 0. The molecule has 0 aliphatic heterocycles. The number of benzene rings is 2. The summed E-state index contributed by atoms with van der Waals surface area (Å²) in [7, 11) is 0. The van der Waals surface area contributed by atoms with Gasteiger partial charge < -0.3 is 10.2 Å².